The van der Waals surface area contributed by atoms with Crippen LogP contribution in [0.15, 0.2) is 0 Å². The van der Waals surface area contributed by atoms with E-state index >= 15 is 0 Å². The van der Waals surface area contributed by atoms with Crippen molar-refractivity contribution in [3.63, 3.8) is 0 Å². The number of carbonyl (C=O) groups excluding carboxylic acids is 2. The van der Waals surface area contributed by atoms with Gasteiger partial charge in [0.1, 0.15) is 5.60 Å². The molecule has 0 aliphatic heterocycles. The zero-order valence-corrected chi connectivity index (χ0v) is 12.5. The number of rotatable bonds is 4. The number of nitrogens with zero attached hydrogens (tertiary/aromatic N) is 1. The maximum Gasteiger partial charge on any atom is 0.413 e. The van der Waals surface area contributed by atoms with Gasteiger partial charge in [-0.2, -0.15) is 0 Å². The van der Waals surface area contributed by atoms with Crippen molar-refractivity contribution in [1.82, 2.24) is 4.98 Å². The largest absolute Gasteiger partial charge is 0.475 e. The number of aromatic nitrogens is 1. The summed E-state index contributed by atoms with van der Waals surface area (Å²) in [6.07, 6.45) is -0.892. The summed E-state index contributed by atoms with van der Waals surface area (Å²) in [5, 5.41) is 11.3. The van der Waals surface area contributed by atoms with Crippen molar-refractivity contribution in [2.24, 2.45) is 0 Å². The number of carbonyl (C=O) groups is 3. The quantitative estimate of drug-likeness (QED) is 0.824. The number of carboxylic acids is 1. The van der Waals surface area contributed by atoms with Crippen LogP contribution in [-0.2, 0) is 20.7 Å². The van der Waals surface area contributed by atoms with Gasteiger partial charge in [0.15, 0.2) is 5.13 Å². The predicted molar refractivity (Wildman–Crippen MR) is 73.1 cm³/mol. The second-order valence-corrected chi connectivity index (χ2v) is 6.14. The first kappa shape index (κ1) is 16.1. The van der Waals surface area contributed by atoms with Gasteiger partial charge >= 0.3 is 12.1 Å². The van der Waals surface area contributed by atoms with Crippen molar-refractivity contribution in [3.8, 4) is 0 Å². The molecule has 1 heterocycles. The number of aliphatic carboxylic acids is 1. The molecule has 110 valence electrons. The Morgan fingerprint density at radius 2 is 1.95 bits per heavy atom. The van der Waals surface area contributed by atoms with E-state index in [0.29, 0.717) is 10.6 Å². The molecule has 1 amide bonds. The van der Waals surface area contributed by atoms with E-state index in [1.807, 2.05) is 0 Å². The van der Waals surface area contributed by atoms with Gasteiger partial charge < -0.3 is 9.84 Å². The number of hydrogen-bond acceptors (Lipinski definition) is 6. The second kappa shape index (κ2) is 6.00. The highest BCUT2D eigenvalue weighted by Gasteiger charge is 2.20. The first-order valence-electron chi connectivity index (χ1n) is 5.81. The molecule has 0 bridgehead atoms. The molecule has 7 nitrogen and oxygen atoms in total. The van der Waals surface area contributed by atoms with Crippen molar-refractivity contribution in [2.75, 3.05) is 5.32 Å². The molecule has 0 fully saturated rings. The van der Waals surface area contributed by atoms with Gasteiger partial charge in [0.05, 0.1) is 12.1 Å². The first-order chi connectivity index (χ1) is 9.08. The van der Waals surface area contributed by atoms with Crippen LogP contribution in [0, 0.1) is 6.92 Å². The summed E-state index contributed by atoms with van der Waals surface area (Å²) >= 11 is 1.05. The molecule has 1 aromatic heterocycles. The van der Waals surface area contributed by atoms with Crippen LogP contribution < -0.4 is 5.32 Å². The molecule has 0 atom stereocenters. The number of carboxylic acid groups (broad SMARTS) is 1. The smallest absolute Gasteiger partial charge is 0.413 e. The van der Waals surface area contributed by atoms with E-state index in [4.69, 9.17) is 9.84 Å². The van der Waals surface area contributed by atoms with E-state index in [1.54, 1.807) is 27.7 Å². The highest BCUT2D eigenvalue weighted by Crippen LogP contribution is 2.23. The van der Waals surface area contributed by atoms with Gasteiger partial charge in [-0.25, -0.2) is 14.6 Å². The number of nitrogens with one attached hydrogen (secondary N) is 1. The molecule has 0 unspecified atom stereocenters. The van der Waals surface area contributed by atoms with Crippen LogP contribution in [0.25, 0.3) is 0 Å². The van der Waals surface area contributed by atoms with Crippen LogP contribution in [0.3, 0.4) is 0 Å². The van der Waals surface area contributed by atoms with Gasteiger partial charge in [0.25, 0.3) is 0 Å². The Balaban J connectivity index is 2.73. The number of amides is 1. The lowest BCUT2D eigenvalue weighted by Gasteiger charge is -2.18. The van der Waals surface area contributed by atoms with Crippen molar-refractivity contribution in [1.29, 1.82) is 0 Å². The second-order valence-electron chi connectivity index (χ2n) is 5.06. The van der Waals surface area contributed by atoms with Gasteiger partial charge in [-0.15, -0.1) is 11.3 Å². The molecule has 8 heteroatoms. The van der Waals surface area contributed by atoms with Crippen molar-refractivity contribution in [2.45, 2.75) is 39.7 Å². The lowest BCUT2D eigenvalue weighted by molar-refractivity contribution is -0.148. The Morgan fingerprint density at radius 3 is 2.45 bits per heavy atom. The van der Waals surface area contributed by atoms with E-state index in [2.05, 4.69) is 10.3 Å². The molecule has 2 N–H and O–H groups in total. The van der Waals surface area contributed by atoms with Gasteiger partial charge in [-0.05, 0) is 27.7 Å². The zero-order valence-electron chi connectivity index (χ0n) is 11.6. The Labute approximate surface area is 120 Å². The number of anilines is 1. The van der Waals surface area contributed by atoms with Crippen LogP contribution in [-0.4, -0.2) is 33.5 Å². The lowest BCUT2D eigenvalue weighted by Crippen LogP contribution is -2.27. The highest BCUT2D eigenvalue weighted by molar-refractivity contribution is 7.16. The minimum Gasteiger partial charge on any atom is -0.475 e. The van der Waals surface area contributed by atoms with Crippen LogP contribution in [0.5, 0.6) is 0 Å². The Hall–Kier alpha value is -1.96. The fourth-order valence-electron chi connectivity index (χ4n) is 1.26. The van der Waals surface area contributed by atoms with Gasteiger partial charge in [0, 0.05) is 4.88 Å². The summed E-state index contributed by atoms with van der Waals surface area (Å²) in [7, 11) is 0. The SMILES string of the molecule is Cc1nc(NC(=O)OC(C)(C)C)sc1CC(=O)C(=O)O. The summed E-state index contributed by atoms with van der Waals surface area (Å²) < 4.78 is 5.07. The molecule has 0 aliphatic rings. The van der Waals surface area contributed by atoms with Crippen LogP contribution >= 0.6 is 11.3 Å². The van der Waals surface area contributed by atoms with Crippen molar-refractivity contribution in [3.05, 3.63) is 10.6 Å². The zero-order chi connectivity index (χ0) is 15.5. The fraction of sp³-hybridized carbons (Fsp3) is 0.500. The summed E-state index contributed by atoms with van der Waals surface area (Å²) in [4.78, 5) is 37.8. The normalized spacial score (nSPS) is 11.0. The Bertz CT molecular complexity index is 545. The maximum atomic E-state index is 11.6. The molecule has 0 aromatic carbocycles. The molecule has 0 aliphatic carbocycles. The summed E-state index contributed by atoms with van der Waals surface area (Å²) in [5.41, 5.74) is -0.117. The van der Waals surface area contributed by atoms with Crippen LogP contribution in [0.4, 0.5) is 9.93 Å². The van der Waals surface area contributed by atoms with E-state index in [1.165, 1.54) is 0 Å². The minimum atomic E-state index is -1.49. The summed E-state index contributed by atoms with van der Waals surface area (Å²) in [6.45, 7) is 6.84. The molecule has 1 aromatic rings. The number of ether oxygens (including phenoxy) is 1. The van der Waals surface area contributed by atoms with Crippen molar-refractivity contribution >= 4 is 34.3 Å². The van der Waals surface area contributed by atoms with Crippen molar-refractivity contribution < 1.29 is 24.2 Å². The molecule has 1 rings (SSSR count). The van der Waals surface area contributed by atoms with E-state index in [9.17, 15) is 14.4 Å². The molecular weight excluding hydrogens is 284 g/mol. The number of thiazole rings is 1. The summed E-state index contributed by atoms with van der Waals surface area (Å²) in [6, 6.07) is 0. The molecular formula is C12H16N2O5S. The van der Waals surface area contributed by atoms with Gasteiger partial charge in [-0.1, -0.05) is 0 Å². The Morgan fingerprint density at radius 1 is 1.35 bits per heavy atom. The molecule has 0 spiro atoms. The average molecular weight is 300 g/mol. The monoisotopic (exact) mass is 300 g/mol. The maximum absolute atomic E-state index is 11.6. The number of aryl methyl sites for hydroxylation is 1. The Kier molecular flexibility index (Phi) is 4.83. The molecule has 0 radical (unpaired) electrons. The summed E-state index contributed by atoms with van der Waals surface area (Å²) in [5.74, 6) is -2.40. The highest BCUT2D eigenvalue weighted by atomic mass is 32.1. The third-order valence-corrected chi connectivity index (χ3v) is 3.13. The third-order valence-electron chi connectivity index (χ3n) is 2.06. The molecule has 0 saturated carbocycles. The van der Waals surface area contributed by atoms with E-state index in [0.717, 1.165) is 11.3 Å². The van der Waals surface area contributed by atoms with Crippen LogP contribution in [0.1, 0.15) is 31.3 Å². The topological polar surface area (TPSA) is 106 Å². The third kappa shape index (κ3) is 4.96. The lowest BCUT2D eigenvalue weighted by atomic mass is 10.2. The molecule has 20 heavy (non-hydrogen) atoms. The first-order valence-corrected chi connectivity index (χ1v) is 6.62. The van der Waals surface area contributed by atoms with Gasteiger partial charge in [-0.3, -0.25) is 10.1 Å². The number of Topliss-reactive ketones (excluding diaryl/α,β-unsaturated/α-hetero) is 1. The minimum absolute atomic E-state index is 0.241. The predicted octanol–water partition coefficient (Wildman–Crippen LogP) is 1.99. The average Bonchev–Trinajstić information content (AvgIpc) is 2.55. The van der Waals surface area contributed by atoms with Gasteiger partial charge in [0.2, 0.25) is 5.78 Å². The standard InChI is InChI=1S/C12H16N2O5S/c1-6-8(5-7(15)9(16)17)20-10(13-6)14-11(18)19-12(2,3)4/h5H2,1-4H3,(H,16,17)(H,13,14,18). The molecule has 0 saturated heterocycles. The number of ketones is 1. The van der Waals surface area contributed by atoms with E-state index < -0.39 is 23.4 Å². The fourth-order valence-corrected chi connectivity index (χ4v) is 2.20. The van der Waals surface area contributed by atoms with Crippen LogP contribution in [0.2, 0.25) is 0 Å². The number of hydrogen-bond donors (Lipinski definition) is 2. The van der Waals surface area contributed by atoms with E-state index in [-0.39, 0.29) is 11.6 Å².